The van der Waals surface area contributed by atoms with Gasteiger partial charge in [0.05, 0.1) is 11.4 Å². The molecule has 6 nitrogen and oxygen atoms in total. The second kappa shape index (κ2) is 5.08. The highest BCUT2D eigenvalue weighted by atomic mass is 32.2. The second-order valence-electron chi connectivity index (χ2n) is 4.46. The Morgan fingerprint density at radius 1 is 1.26 bits per heavy atom. The molecule has 19 heavy (non-hydrogen) atoms. The minimum Gasteiger partial charge on any atom is -0.399 e. The fourth-order valence-electron chi connectivity index (χ4n) is 2.07. The Balaban J connectivity index is 2.26. The largest absolute Gasteiger partial charge is 0.399 e. The van der Waals surface area contributed by atoms with Crippen LogP contribution in [0.5, 0.6) is 0 Å². The van der Waals surface area contributed by atoms with Gasteiger partial charge in [-0.25, -0.2) is 12.7 Å². The predicted octanol–water partition coefficient (Wildman–Crippen LogP) is 0.920. The van der Waals surface area contributed by atoms with E-state index in [0.717, 1.165) is 10.7 Å². The molecule has 0 radical (unpaired) electrons. The van der Waals surface area contributed by atoms with E-state index in [-0.39, 0.29) is 10.9 Å². The fourth-order valence-corrected chi connectivity index (χ4v) is 3.47. The normalized spacial score (nSPS) is 16.2. The van der Waals surface area contributed by atoms with Crippen LogP contribution in [0.2, 0.25) is 0 Å². The number of anilines is 1. The molecular formula is C12H18N4O2S. The molecule has 7 heteroatoms. The maximum absolute atomic E-state index is 12.4. The van der Waals surface area contributed by atoms with Crippen LogP contribution in [0.15, 0.2) is 29.2 Å². The Kier molecular flexibility index (Phi) is 3.66. The van der Waals surface area contributed by atoms with Crippen molar-refractivity contribution in [3.05, 3.63) is 24.3 Å². The van der Waals surface area contributed by atoms with Crippen LogP contribution in [-0.2, 0) is 10.0 Å². The molecule has 1 fully saturated rings. The first-order chi connectivity index (χ1) is 8.96. The Morgan fingerprint density at radius 3 is 2.47 bits per heavy atom. The van der Waals surface area contributed by atoms with Crippen LogP contribution in [0.3, 0.4) is 0 Å². The molecule has 1 aromatic rings. The Morgan fingerprint density at radius 2 is 1.89 bits per heavy atom. The van der Waals surface area contributed by atoms with Gasteiger partial charge in [-0.2, -0.15) is 0 Å². The summed E-state index contributed by atoms with van der Waals surface area (Å²) in [6, 6.07) is 6.05. The van der Waals surface area contributed by atoms with E-state index in [1.807, 2.05) is 6.92 Å². The molecule has 0 saturated carbocycles. The average molecular weight is 282 g/mol. The number of nitrogens with two attached hydrogens (primary N) is 1. The number of nitrogen functional groups attached to an aromatic ring is 1. The standard InChI is InChI=1S/C12H18N4O2S/c1-2-7-15-8-9-16(12(15)14)19(17,18)11-5-3-10(13)4-6-11/h3-6,14H,2,7-9,13H2,1H3. The molecule has 0 aliphatic carbocycles. The maximum Gasteiger partial charge on any atom is 0.266 e. The van der Waals surface area contributed by atoms with Crippen LogP contribution >= 0.6 is 0 Å². The number of sulfonamides is 1. The zero-order valence-corrected chi connectivity index (χ0v) is 11.7. The lowest BCUT2D eigenvalue weighted by molar-refractivity contribution is 0.458. The Bertz CT molecular complexity index is 568. The van der Waals surface area contributed by atoms with E-state index in [2.05, 4.69) is 0 Å². The highest BCUT2D eigenvalue weighted by Gasteiger charge is 2.34. The molecule has 2 rings (SSSR count). The highest BCUT2D eigenvalue weighted by molar-refractivity contribution is 7.89. The summed E-state index contributed by atoms with van der Waals surface area (Å²) in [4.78, 5) is 1.94. The zero-order chi connectivity index (χ0) is 14.0. The van der Waals surface area contributed by atoms with Crippen molar-refractivity contribution in [3.63, 3.8) is 0 Å². The number of nitrogens with one attached hydrogen (secondary N) is 1. The third kappa shape index (κ3) is 2.51. The van der Waals surface area contributed by atoms with Gasteiger partial charge in [-0.15, -0.1) is 0 Å². The lowest BCUT2D eigenvalue weighted by Gasteiger charge is -2.21. The van der Waals surface area contributed by atoms with Crippen LogP contribution in [-0.4, -0.2) is 43.2 Å². The van der Waals surface area contributed by atoms with E-state index in [9.17, 15) is 8.42 Å². The molecule has 0 aromatic heterocycles. The molecule has 1 aliphatic heterocycles. The lowest BCUT2D eigenvalue weighted by Crippen LogP contribution is -2.37. The number of hydrogen-bond donors (Lipinski definition) is 2. The number of rotatable bonds is 4. The molecule has 0 amide bonds. The van der Waals surface area contributed by atoms with Gasteiger partial charge in [-0.3, -0.25) is 5.41 Å². The monoisotopic (exact) mass is 282 g/mol. The molecule has 104 valence electrons. The SMILES string of the molecule is CCCN1CCN(S(=O)(=O)c2ccc(N)cc2)C1=N. The van der Waals surface area contributed by atoms with E-state index >= 15 is 0 Å². The van der Waals surface area contributed by atoms with Crippen LogP contribution in [0.25, 0.3) is 0 Å². The number of hydrogen-bond acceptors (Lipinski definition) is 4. The van der Waals surface area contributed by atoms with E-state index in [1.165, 1.54) is 12.1 Å². The van der Waals surface area contributed by atoms with Gasteiger partial charge >= 0.3 is 0 Å². The van der Waals surface area contributed by atoms with Crippen LogP contribution < -0.4 is 5.73 Å². The van der Waals surface area contributed by atoms with Crippen molar-refractivity contribution < 1.29 is 8.42 Å². The van der Waals surface area contributed by atoms with Gasteiger partial charge in [-0.05, 0) is 30.7 Å². The summed E-state index contributed by atoms with van der Waals surface area (Å²) >= 11 is 0. The fraction of sp³-hybridized carbons (Fsp3) is 0.417. The smallest absolute Gasteiger partial charge is 0.266 e. The summed E-state index contributed by atoms with van der Waals surface area (Å²) in [5, 5.41) is 7.96. The minimum atomic E-state index is -3.64. The topological polar surface area (TPSA) is 90.5 Å². The third-order valence-corrected chi connectivity index (χ3v) is 4.87. The van der Waals surface area contributed by atoms with Crippen LogP contribution in [0.1, 0.15) is 13.3 Å². The molecule has 1 aromatic carbocycles. The van der Waals surface area contributed by atoms with Gasteiger partial charge in [0.1, 0.15) is 0 Å². The van der Waals surface area contributed by atoms with E-state index in [0.29, 0.717) is 25.3 Å². The molecule has 1 saturated heterocycles. The van der Waals surface area contributed by atoms with Crippen molar-refractivity contribution in [1.82, 2.24) is 9.21 Å². The third-order valence-electron chi connectivity index (χ3n) is 3.07. The molecule has 0 bridgehead atoms. The van der Waals surface area contributed by atoms with Crippen molar-refractivity contribution in [2.45, 2.75) is 18.2 Å². The molecule has 0 spiro atoms. The number of nitrogens with zero attached hydrogens (tertiary/aromatic N) is 2. The predicted molar refractivity (Wildman–Crippen MR) is 74.3 cm³/mol. The highest BCUT2D eigenvalue weighted by Crippen LogP contribution is 2.21. The van der Waals surface area contributed by atoms with Crippen molar-refractivity contribution in [2.24, 2.45) is 0 Å². The minimum absolute atomic E-state index is 0.0543. The summed E-state index contributed by atoms with van der Waals surface area (Å²) in [6.45, 7) is 3.60. The first-order valence-corrected chi connectivity index (χ1v) is 7.62. The van der Waals surface area contributed by atoms with Crippen molar-refractivity contribution >= 4 is 21.7 Å². The summed E-state index contributed by atoms with van der Waals surface area (Å²) in [5.74, 6) is 0.0543. The summed E-state index contributed by atoms with van der Waals surface area (Å²) in [7, 11) is -3.64. The Hall–Kier alpha value is -1.76. The van der Waals surface area contributed by atoms with E-state index in [4.69, 9.17) is 11.1 Å². The molecule has 1 heterocycles. The van der Waals surface area contributed by atoms with Gasteiger partial charge in [0.2, 0.25) is 5.96 Å². The van der Waals surface area contributed by atoms with Crippen molar-refractivity contribution in [2.75, 3.05) is 25.4 Å². The second-order valence-corrected chi connectivity index (χ2v) is 6.32. The average Bonchev–Trinajstić information content (AvgIpc) is 2.73. The van der Waals surface area contributed by atoms with Crippen LogP contribution in [0.4, 0.5) is 5.69 Å². The first kappa shape index (κ1) is 13.7. The summed E-state index contributed by atoms with van der Waals surface area (Å²) < 4.78 is 26.0. The zero-order valence-electron chi connectivity index (χ0n) is 10.8. The molecule has 1 aliphatic rings. The van der Waals surface area contributed by atoms with Gasteiger partial charge in [0, 0.05) is 18.8 Å². The molecule has 0 atom stereocenters. The van der Waals surface area contributed by atoms with Gasteiger partial charge in [0.25, 0.3) is 10.0 Å². The number of guanidine groups is 1. The van der Waals surface area contributed by atoms with Crippen LogP contribution in [0, 0.1) is 5.41 Å². The lowest BCUT2D eigenvalue weighted by atomic mass is 10.3. The quantitative estimate of drug-likeness (QED) is 0.803. The summed E-state index contributed by atoms with van der Waals surface area (Å²) in [6.07, 6.45) is 0.887. The Labute approximate surface area is 113 Å². The van der Waals surface area contributed by atoms with Gasteiger partial charge < -0.3 is 10.6 Å². The van der Waals surface area contributed by atoms with Crippen molar-refractivity contribution in [3.8, 4) is 0 Å². The number of benzene rings is 1. The molecular weight excluding hydrogens is 264 g/mol. The van der Waals surface area contributed by atoms with E-state index in [1.54, 1.807) is 17.0 Å². The van der Waals surface area contributed by atoms with Crippen molar-refractivity contribution in [1.29, 1.82) is 5.41 Å². The van der Waals surface area contributed by atoms with Gasteiger partial charge in [-0.1, -0.05) is 6.92 Å². The maximum atomic E-state index is 12.4. The first-order valence-electron chi connectivity index (χ1n) is 6.18. The molecule has 3 N–H and O–H groups in total. The summed E-state index contributed by atoms with van der Waals surface area (Å²) in [5.41, 5.74) is 6.07. The van der Waals surface area contributed by atoms with Gasteiger partial charge in [0.15, 0.2) is 0 Å². The molecule has 0 unspecified atom stereocenters. The van der Waals surface area contributed by atoms with E-state index < -0.39 is 10.0 Å².